The van der Waals surface area contributed by atoms with Crippen molar-refractivity contribution in [2.24, 2.45) is 10.4 Å². The maximum atomic E-state index is 13.8. The number of hydrogen-bond donors (Lipinski definition) is 0. The Labute approximate surface area is 200 Å². The zero-order valence-corrected chi connectivity index (χ0v) is 20.2. The molecule has 0 unspecified atom stereocenters. The molecule has 2 aromatic rings. The molecule has 2 aliphatic heterocycles. The second-order valence-corrected chi connectivity index (χ2v) is 9.70. The van der Waals surface area contributed by atoms with Crippen molar-refractivity contribution in [2.45, 2.75) is 50.2 Å². The van der Waals surface area contributed by atoms with E-state index in [0.29, 0.717) is 29.4 Å². The molecule has 180 valence electrons. The van der Waals surface area contributed by atoms with Gasteiger partial charge in [-0.25, -0.2) is 9.79 Å². The molecule has 2 fully saturated rings. The van der Waals surface area contributed by atoms with Gasteiger partial charge in [-0.2, -0.15) is 0 Å². The van der Waals surface area contributed by atoms with Crippen LogP contribution >= 0.6 is 0 Å². The number of carbonyl (C=O) groups excluding carboxylic acids is 1. The quantitative estimate of drug-likeness (QED) is 0.578. The maximum Gasteiger partial charge on any atom is 0.348 e. The van der Waals surface area contributed by atoms with Gasteiger partial charge < -0.3 is 23.7 Å². The first-order valence-corrected chi connectivity index (χ1v) is 11.7. The summed E-state index contributed by atoms with van der Waals surface area (Å²) >= 11 is 0. The van der Waals surface area contributed by atoms with Crippen molar-refractivity contribution in [1.82, 2.24) is 0 Å². The van der Waals surface area contributed by atoms with Crippen LogP contribution in [0.15, 0.2) is 47.5 Å². The van der Waals surface area contributed by atoms with Gasteiger partial charge in [-0.1, -0.05) is 43.2 Å². The fourth-order valence-corrected chi connectivity index (χ4v) is 6.02. The predicted molar refractivity (Wildman–Crippen MR) is 127 cm³/mol. The first kappa shape index (κ1) is 22.7. The molecule has 0 aromatic heterocycles. The number of benzene rings is 2. The molecule has 1 saturated carbocycles. The number of hydrogen-bond acceptors (Lipinski definition) is 7. The third-order valence-corrected chi connectivity index (χ3v) is 7.70. The minimum absolute atomic E-state index is 0.0988. The molecule has 7 nitrogen and oxygen atoms in total. The molecule has 0 N–H and O–H groups in total. The van der Waals surface area contributed by atoms with Gasteiger partial charge >= 0.3 is 5.97 Å². The van der Waals surface area contributed by atoms with Crippen molar-refractivity contribution in [2.75, 3.05) is 27.9 Å². The zero-order valence-electron chi connectivity index (χ0n) is 20.2. The second kappa shape index (κ2) is 8.31. The Bertz CT molecular complexity index is 1100. The van der Waals surface area contributed by atoms with Gasteiger partial charge in [0.2, 0.25) is 17.2 Å². The Morgan fingerprint density at radius 1 is 0.941 bits per heavy atom. The minimum Gasteiger partial charge on any atom is -0.493 e. The van der Waals surface area contributed by atoms with Crippen LogP contribution in [0, 0.1) is 5.41 Å². The van der Waals surface area contributed by atoms with Crippen LogP contribution in [-0.2, 0) is 19.8 Å². The van der Waals surface area contributed by atoms with Gasteiger partial charge in [-0.3, -0.25) is 0 Å². The third-order valence-electron chi connectivity index (χ3n) is 7.70. The molecule has 0 bridgehead atoms. The molecule has 0 amide bonds. The lowest BCUT2D eigenvalue weighted by Gasteiger charge is -2.38. The van der Waals surface area contributed by atoms with E-state index in [1.165, 1.54) is 12.8 Å². The van der Waals surface area contributed by atoms with E-state index in [0.717, 1.165) is 24.8 Å². The highest BCUT2D eigenvalue weighted by Crippen LogP contribution is 2.58. The van der Waals surface area contributed by atoms with E-state index in [4.69, 9.17) is 28.7 Å². The largest absolute Gasteiger partial charge is 0.493 e. The van der Waals surface area contributed by atoms with Crippen LogP contribution in [0.2, 0.25) is 0 Å². The summed E-state index contributed by atoms with van der Waals surface area (Å²) < 4.78 is 28.9. The van der Waals surface area contributed by atoms with Gasteiger partial charge in [0.05, 0.1) is 27.9 Å². The van der Waals surface area contributed by atoms with Gasteiger partial charge in [0.25, 0.3) is 0 Å². The predicted octanol–water partition coefficient (Wildman–Crippen LogP) is 4.65. The molecule has 2 atom stereocenters. The second-order valence-electron chi connectivity index (χ2n) is 9.70. The van der Waals surface area contributed by atoms with Crippen LogP contribution < -0.4 is 14.2 Å². The summed E-state index contributed by atoms with van der Waals surface area (Å²) in [5, 5.41) is 0. The molecule has 34 heavy (non-hydrogen) atoms. The van der Waals surface area contributed by atoms with E-state index >= 15 is 0 Å². The van der Waals surface area contributed by atoms with Gasteiger partial charge in [0, 0.05) is 5.56 Å². The lowest BCUT2D eigenvalue weighted by Crippen LogP contribution is -2.52. The molecule has 2 heterocycles. The molecule has 5 rings (SSSR count). The van der Waals surface area contributed by atoms with E-state index in [1.807, 2.05) is 37.3 Å². The number of carbonyl (C=O) groups is 1. The van der Waals surface area contributed by atoms with Crippen LogP contribution in [0.3, 0.4) is 0 Å². The summed E-state index contributed by atoms with van der Waals surface area (Å²) in [6.45, 7) is 2.65. The Hall–Kier alpha value is -3.06. The topological polar surface area (TPSA) is 75.6 Å². The van der Waals surface area contributed by atoms with Gasteiger partial charge in [-0.15, -0.1) is 0 Å². The standard InChI is InChI=1S/C27H31NO6/c1-25(16-26(17-33-25)12-8-9-13-26)27(19-10-6-5-7-11-19)24(29)34-23(28-27)18-14-20(30-2)22(32-4)21(15-18)31-3/h5-7,10-11,14-15H,8-9,12-13,16-17H2,1-4H3/t25-,27+/m1/s1. The average Bonchev–Trinajstić information content (AvgIpc) is 3.57. The summed E-state index contributed by atoms with van der Waals surface area (Å²) in [5.41, 5.74) is -0.714. The van der Waals surface area contributed by atoms with E-state index < -0.39 is 17.1 Å². The molecule has 2 aromatic carbocycles. The molecule has 1 saturated heterocycles. The summed E-state index contributed by atoms with van der Waals surface area (Å²) in [5.74, 6) is 1.16. The fourth-order valence-electron chi connectivity index (χ4n) is 6.02. The van der Waals surface area contributed by atoms with Crippen molar-refractivity contribution >= 4 is 11.9 Å². The van der Waals surface area contributed by atoms with Crippen LogP contribution in [-0.4, -0.2) is 45.4 Å². The lowest BCUT2D eigenvalue weighted by molar-refractivity contribution is -0.150. The smallest absolute Gasteiger partial charge is 0.348 e. The average molecular weight is 466 g/mol. The summed E-state index contributed by atoms with van der Waals surface area (Å²) in [7, 11) is 4.64. The van der Waals surface area contributed by atoms with Crippen LogP contribution in [0.4, 0.5) is 0 Å². The summed E-state index contributed by atoms with van der Waals surface area (Å²) in [6.07, 6.45) is 5.39. The van der Waals surface area contributed by atoms with Crippen molar-refractivity contribution < 1.29 is 28.5 Å². The zero-order chi connectivity index (χ0) is 24.0. The maximum absolute atomic E-state index is 13.8. The first-order chi connectivity index (χ1) is 16.4. The molecular formula is C27H31NO6. The Kier molecular flexibility index (Phi) is 5.55. The highest BCUT2D eigenvalue weighted by atomic mass is 16.6. The Balaban J connectivity index is 1.66. The van der Waals surface area contributed by atoms with Gasteiger partial charge in [0.1, 0.15) is 5.60 Å². The number of esters is 1. The number of nitrogens with zero attached hydrogens (tertiary/aromatic N) is 1. The van der Waals surface area contributed by atoms with Gasteiger partial charge in [-0.05, 0) is 49.3 Å². The number of ether oxygens (including phenoxy) is 5. The Morgan fingerprint density at radius 2 is 1.59 bits per heavy atom. The molecule has 7 heteroatoms. The SMILES string of the molecule is COc1cc(C2=N[C@](c3ccccc3)([C@@]3(C)CC4(CCCC4)CO3)C(=O)O2)cc(OC)c1OC. The minimum atomic E-state index is -1.31. The number of methoxy groups -OCH3 is 3. The van der Waals surface area contributed by atoms with E-state index in [1.54, 1.807) is 33.5 Å². The highest BCUT2D eigenvalue weighted by molar-refractivity contribution is 6.09. The third kappa shape index (κ3) is 3.28. The van der Waals surface area contributed by atoms with Crippen LogP contribution in [0.1, 0.15) is 50.2 Å². The first-order valence-electron chi connectivity index (χ1n) is 11.7. The van der Waals surface area contributed by atoms with Crippen molar-refractivity contribution in [3.8, 4) is 17.2 Å². The molecule has 0 radical (unpaired) electrons. The van der Waals surface area contributed by atoms with E-state index in [2.05, 4.69) is 0 Å². The monoisotopic (exact) mass is 465 g/mol. The van der Waals surface area contributed by atoms with Crippen molar-refractivity contribution in [3.63, 3.8) is 0 Å². The number of rotatable bonds is 6. The molecule has 1 aliphatic carbocycles. The van der Waals surface area contributed by atoms with Crippen molar-refractivity contribution in [1.29, 1.82) is 0 Å². The van der Waals surface area contributed by atoms with Gasteiger partial charge in [0.15, 0.2) is 11.5 Å². The summed E-state index contributed by atoms with van der Waals surface area (Å²) in [6, 6.07) is 13.1. The summed E-state index contributed by atoms with van der Waals surface area (Å²) in [4.78, 5) is 18.8. The molecular weight excluding hydrogens is 434 g/mol. The number of aliphatic imine (C=N–C) groups is 1. The normalized spacial score (nSPS) is 27.5. The highest BCUT2D eigenvalue weighted by Gasteiger charge is 2.66. The fraction of sp³-hybridized carbons (Fsp3) is 0.481. The van der Waals surface area contributed by atoms with E-state index in [9.17, 15) is 4.79 Å². The molecule has 1 spiro atoms. The lowest BCUT2D eigenvalue weighted by atomic mass is 9.69. The molecule has 3 aliphatic rings. The van der Waals surface area contributed by atoms with Crippen molar-refractivity contribution in [3.05, 3.63) is 53.6 Å². The van der Waals surface area contributed by atoms with Crippen LogP contribution in [0.5, 0.6) is 17.2 Å². The van der Waals surface area contributed by atoms with E-state index in [-0.39, 0.29) is 11.3 Å². The Morgan fingerprint density at radius 3 is 2.18 bits per heavy atom. The number of cyclic esters (lactones) is 1. The van der Waals surface area contributed by atoms with Crippen LogP contribution in [0.25, 0.3) is 0 Å².